The number of rotatable bonds is 4. The number of nitrogens with zero attached hydrogens (tertiary/aromatic N) is 3. The minimum atomic E-state index is -0.412. The SMILES string of the molecule is CC(C)c1nc(Cl)cc(=O)n1CC(=O)NCC#N. The Labute approximate surface area is 109 Å². The highest BCUT2D eigenvalue weighted by atomic mass is 35.5. The number of carbonyl (C=O) groups excluding carboxylic acids is 1. The van der Waals surface area contributed by atoms with E-state index in [4.69, 9.17) is 16.9 Å². The summed E-state index contributed by atoms with van der Waals surface area (Å²) in [7, 11) is 0. The van der Waals surface area contributed by atoms with Crippen molar-refractivity contribution >= 4 is 17.5 Å². The molecule has 1 amide bonds. The summed E-state index contributed by atoms with van der Waals surface area (Å²) in [4.78, 5) is 27.3. The monoisotopic (exact) mass is 268 g/mol. The normalized spacial score (nSPS) is 10.2. The molecule has 0 aliphatic carbocycles. The molecule has 96 valence electrons. The zero-order valence-corrected chi connectivity index (χ0v) is 10.9. The number of aromatic nitrogens is 2. The van der Waals surface area contributed by atoms with Gasteiger partial charge in [-0.15, -0.1) is 0 Å². The number of nitrogens with one attached hydrogen (secondary N) is 1. The Morgan fingerprint density at radius 1 is 1.67 bits per heavy atom. The number of amides is 1. The van der Waals surface area contributed by atoms with E-state index >= 15 is 0 Å². The first kappa shape index (κ1) is 14.2. The predicted molar refractivity (Wildman–Crippen MR) is 66.2 cm³/mol. The van der Waals surface area contributed by atoms with Crippen LogP contribution < -0.4 is 10.9 Å². The van der Waals surface area contributed by atoms with Gasteiger partial charge in [0.1, 0.15) is 24.1 Å². The molecule has 1 aromatic rings. The fourth-order valence-electron chi connectivity index (χ4n) is 1.43. The Kier molecular flexibility index (Phi) is 4.86. The molecule has 0 saturated carbocycles. The van der Waals surface area contributed by atoms with Gasteiger partial charge in [-0.05, 0) is 0 Å². The first-order valence-electron chi connectivity index (χ1n) is 5.36. The molecule has 1 heterocycles. The molecule has 0 aliphatic heterocycles. The highest BCUT2D eigenvalue weighted by Crippen LogP contribution is 2.12. The molecule has 6 nitrogen and oxygen atoms in total. The van der Waals surface area contributed by atoms with Crippen molar-refractivity contribution in [2.24, 2.45) is 0 Å². The Morgan fingerprint density at radius 3 is 2.89 bits per heavy atom. The summed E-state index contributed by atoms with van der Waals surface area (Å²) >= 11 is 5.72. The van der Waals surface area contributed by atoms with E-state index in [1.165, 1.54) is 4.57 Å². The largest absolute Gasteiger partial charge is 0.341 e. The van der Waals surface area contributed by atoms with Crippen LogP contribution in [0.1, 0.15) is 25.6 Å². The van der Waals surface area contributed by atoms with Crippen LogP contribution in [0.4, 0.5) is 0 Å². The molecular weight excluding hydrogens is 256 g/mol. The molecule has 0 radical (unpaired) electrons. The van der Waals surface area contributed by atoms with Crippen LogP contribution in [-0.2, 0) is 11.3 Å². The lowest BCUT2D eigenvalue weighted by Crippen LogP contribution is -2.34. The van der Waals surface area contributed by atoms with E-state index in [2.05, 4.69) is 10.3 Å². The van der Waals surface area contributed by atoms with Gasteiger partial charge in [-0.25, -0.2) is 4.98 Å². The first-order valence-corrected chi connectivity index (χ1v) is 5.74. The molecule has 7 heteroatoms. The maximum absolute atomic E-state index is 11.8. The van der Waals surface area contributed by atoms with E-state index in [1.54, 1.807) is 6.07 Å². The summed E-state index contributed by atoms with van der Waals surface area (Å²) in [6.07, 6.45) is 0. The van der Waals surface area contributed by atoms with Crippen molar-refractivity contribution in [3.63, 3.8) is 0 Å². The van der Waals surface area contributed by atoms with Gasteiger partial charge in [0.25, 0.3) is 5.56 Å². The van der Waals surface area contributed by atoms with E-state index < -0.39 is 5.91 Å². The fraction of sp³-hybridized carbons (Fsp3) is 0.455. The lowest BCUT2D eigenvalue weighted by molar-refractivity contribution is -0.121. The van der Waals surface area contributed by atoms with Crippen molar-refractivity contribution < 1.29 is 4.79 Å². The quantitative estimate of drug-likeness (QED) is 0.642. The molecule has 0 saturated heterocycles. The smallest absolute Gasteiger partial charge is 0.255 e. The summed E-state index contributed by atoms with van der Waals surface area (Å²) in [6, 6.07) is 2.95. The molecule has 0 bridgehead atoms. The molecule has 0 atom stereocenters. The standard InChI is InChI=1S/C11H13ClN4O2/c1-7(2)11-15-8(12)5-10(18)16(11)6-9(17)14-4-3-13/h5,7H,4,6H2,1-2H3,(H,14,17). The summed E-state index contributed by atoms with van der Waals surface area (Å²) in [6.45, 7) is 3.44. The third-order valence-electron chi connectivity index (χ3n) is 2.19. The minimum absolute atomic E-state index is 0.0415. The van der Waals surface area contributed by atoms with Gasteiger partial charge in [0.15, 0.2) is 0 Å². The highest BCUT2D eigenvalue weighted by Gasteiger charge is 2.13. The maximum atomic E-state index is 11.8. The van der Waals surface area contributed by atoms with Gasteiger partial charge in [-0.3, -0.25) is 14.2 Å². The summed E-state index contributed by atoms with van der Waals surface area (Å²) < 4.78 is 1.25. The molecule has 0 aromatic carbocycles. The van der Waals surface area contributed by atoms with Gasteiger partial charge in [0.05, 0.1) is 6.07 Å². The van der Waals surface area contributed by atoms with Crippen LogP contribution in [0.2, 0.25) is 5.15 Å². The molecule has 0 spiro atoms. The molecule has 0 aliphatic rings. The molecular formula is C11H13ClN4O2. The third kappa shape index (κ3) is 3.57. The second kappa shape index (κ2) is 6.17. The Balaban J connectivity index is 3.05. The van der Waals surface area contributed by atoms with E-state index in [9.17, 15) is 9.59 Å². The second-order valence-electron chi connectivity index (χ2n) is 3.95. The first-order chi connectivity index (χ1) is 8.45. The predicted octanol–water partition coefficient (Wildman–Crippen LogP) is 0.660. The molecule has 1 N–H and O–H groups in total. The Bertz CT molecular complexity index is 545. The van der Waals surface area contributed by atoms with Crippen molar-refractivity contribution in [2.75, 3.05) is 6.54 Å². The number of hydrogen-bond donors (Lipinski definition) is 1. The van der Waals surface area contributed by atoms with Crippen LogP contribution in [0, 0.1) is 11.3 Å². The maximum Gasteiger partial charge on any atom is 0.255 e. The number of nitriles is 1. The molecule has 0 fully saturated rings. The van der Waals surface area contributed by atoms with Gasteiger partial charge in [0.2, 0.25) is 5.91 Å². The highest BCUT2D eigenvalue weighted by molar-refractivity contribution is 6.29. The van der Waals surface area contributed by atoms with Crippen molar-refractivity contribution in [3.8, 4) is 6.07 Å². The van der Waals surface area contributed by atoms with E-state index in [-0.39, 0.29) is 29.7 Å². The fourth-order valence-corrected chi connectivity index (χ4v) is 1.61. The summed E-state index contributed by atoms with van der Waals surface area (Å²) in [5, 5.41) is 10.8. The molecule has 1 rings (SSSR count). The Morgan fingerprint density at radius 2 is 2.33 bits per heavy atom. The molecule has 1 aromatic heterocycles. The van der Waals surface area contributed by atoms with Crippen LogP contribution in [0.15, 0.2) is 10.9 Å². The summed E-state index contributed by atoms with van der Waals surface area (Å²) in [5.74, 6) is -0.00977. The number of halogens is 1. The van der Waals surface area contributed by atoms with Gasteiger partial charge < -0.3 is 5.32 Å². The average molecular weight is 269 g/mol. The van der Waals surface area contributed by atoms with Crippen LogP contribution in [-0.4, -0.2) is 22.0 Å². The van der Waals surface area contributed by atoms with Gasteiger partial charge >= 0.3 is 0 Å². The average Bonchev–Trinajstić information content (AvgIpc) is 2.29. The van der Waals surface area contributed by atoms with Crippen molar-refractivity contribution in [3.05, 3.63) is 27.4 Å². The van der Waals surface area contributed by atoms with Gasteiger partial charge in [-0.2, -0.15) is 5.26 Å². The zero-order chi connectivity index (χ0) is 13.7. The van der Waals surface area contributed by atoms with Crippen LogP contribution in [0.5, 0.6) is 0 Å². The Hall–Kier alpha value is -1.87. The third-order valence-corrected chi connectivity index (χ3v) is 2.38. The van der Waals surface area contributed by atoms with Crippen molar-refractivity contribution in [1.82, 2.24) is 14.9 Å². The summed E-state index contributed by atoms with van der Waals surface area (Å²) in [5.41, 5.74) is -0.384. The lowest BCUT2D eigenvalue weighted by Gasteiger charge is -2.13. The van der Waals surface area contributed by atoms with E-state index in [0.717, 1.165) is 6.07 Å². The molecule has 0 unspecified atom stereocenters. The molecule has 18 heavy (non-hydrogen) atoms. The minimum Gasteiger partial charge on any atom is -0.341 e. The van der Waals surface area contributed by atoms with Crippen LogP contribution in [0.25, 0.3) is 0 Å². The van der Waals surface area contributed by atoms with Crippen molar-refractivity contribution in [2.45, 2.75) is 26.3 Å². The van der Waals surface area contributed by atoms with Crippen molar-refractivity contribution in [1.29, 1.82) is 5.26 Å². The lowest BCUT2D eigenvalue weighted by atomic mass is 10.2. The number of hydrogen-bond acceptors (Lipinski definition) is 4. The number of carbonyl (C=O) groups is 1. The zero-order valence-electron chi connectivity index (χ0n) is 10.1. The topological polar surface area (TPSA) is 87.8 Å². The van der Waals surface area contributed by atoms with Gasteiger partial charge in [-0.1, -0.05) is 25.4 Å². The van der Waals surface area contributed by atoms with E-state index in [1.807, 2.05) is 13.8 Å². The van der Waals surface area contributed by atoms with Crippen LogP contribution >= 0.6 is 11.6 Å². The second-order valence-corrected chi connectivity index (χ2v) is 4.34. The van der Waals surface area contributed by atoms with E-state index in [0.29, 0.717) is 5.82 Å². The van der Waals surface area contributed by atoms with Crippen LogP contribution in [0.3, 0.4) is 0 Å². The van der Waals surface area contributed by atoms with Gasteiger partial charge in [0, 0.05) is 12.0 Å².